The molecule has 2 atom stereocenters. The first-order valence-electron chi connectivity index (χ1n) is 8.03. The van der Waals surface area contributed by atoms with Gasteiger partial charge in [-0.1, -0.05) is 6.42 Å². The summed E-state index contributed by atoms with van der Waals surface area (Å²) in [5.41, 5.74) is 0.729. The van der Waals surface area contributed by atoms with Crippen molar-refractivity contribution in [3.05, 3.63) is 23.8 Å². The van der Waals surface area contributed by atoms with E-state index in [1.54, 1.807) is 0 Å². The van der Waals surface area contributed by atoms with Crippen molar-refractivity contribution in [2.24, 2.45) is 5.92 Å². The summed E-state index contributed by atoms with van der Waals surface area (Å²) in [6.45, 7) is 2.03. The number of hydrogen-bond acceptors (Lipinski definition) is 3. The molecule has 1 saturated heterocycles. The fourth-order valence-corrected chi connectivity index (χ4v) is 4.05. The molecule has 0 spiro atoms. The van der Waals surface area contributed by atoms with E-state index in [1.165, 1.54) is 25.7 Å². The highest BCUT2D eigenvalue weighted by Gasteiger charge is 2.37. The molecule has 1 saturated carbocycles. The quantitative estimate of drug-likeness (QED) is 0.797. The third-order valence-electron chi connectivity index (χ3n) is 5.04. The van der Waals surface area contributed by atoms with Crippen LogP contribution in [0.4, 0.5) is 0 Å². The van der Waals surface area contributed by atoms with Crippen LogP contribution in [-0.2, 0) is 0 Å². The van der Waals surface area contributed by atoms with Crippen molar-refractivity contribution >= 4 is 5.91 Å². The van der Waals surface area contributed by atoms with E-state index < -0.39 is 0 Å². The molecule has 4 nitrogen and oxygen atoms in total. The topological polar surface area (TPSA) is 38.8 Å². The van der Waals surface area contributed by atoms with Crippen molar-refractivity contribution in [3.8, 4) is 11.5 Å². The van der Waals surface area contributed by atoms with Crippen LogP contribution >= 0.6 is 0 Å². The lowest BCUT2D eigenvalue weighted by Crippen LogP contribution is -2.46. The molecule has 0 bridgehead atoms. The summed E-state index contributed by atoms with van der Waals surface area (Å²) in [7, 11) is 0. The Morgan fingerprint density at radius 3 is 2.76 bits per heavy atom. The maximum absolute atomic E-state index is 12.9. The fourth-order valence-electron chi connectivity index (χ4n) is 4.05. The van der Waals surface area contributed by atoms with Crippen LogP contribution in [0.1, 0.15) is 42.5 Å². The van der Waals surface area contributed by atoms with Crippen molar-refractivity contribution in [2.45, 2.75) is 38.1 Å². The molecule has 1 aromatic carbocycles. The second-order valence-corrected chi connectivity index (χ2v) is 6.26. The number of rotatable bonds is 1. The minimum atomic E-state index is 0.156. The van der Waals surface area contributed by atoms with E-state index in [0.29, 0.717) is 25.0 Å². The van der Waals surface area contributed by atoms with Gasteiger partial charge in [-0.2, -0.15) is 0 Å². The Balaban J connectivity index is 1.59. The van der Waals surface area contributed by atoms with Crippen LogP contribution in [0.25, 0.3) is 0 Å². The van der Waals surface area contributed by atoms with Gasteiger partial charge in [-0.05, 0) is 49.8 Å². The summed E-state index contributed by atoms with van der Waals surface area (Å²) < 4.78 is 11.1. The van der Waals surface area contributed by atoms with Gasteiger partial charge < -0.3 is 14.4 Å². The number of likely N-dealkylation sites (tertiary alicyclic amines) is 1. The predicted octanol–water partition coefficient (Wildman–Crippen LogP) is 2.86. The molecule has 4 heteroatoms. The summed E-state index contributed by atoms with van der Waals surface area (Å²) in [5, 5.41) is 0. The second-order valence-electron chi connectivity index (χ2n) is 6.26. The van der Waals surface area contributed by atoms with Crippen LogP contribution in [0, 0.1) is 5.92 Å². The molecule has 3 aliphatic rings. The van der Waals surface area contributed by atoms with E-state index in [-0.39, 0.29) is 5.91 Å². The number of fused-ring (bicyclic) bond motifs is 2. The van der Waals surface area contributed by atoms with E-state index in [4.69, 9.17) is 9.47 Å². The van der Waals surface area contributed by atoms with Gasteiger partial charge in [0.15, 0.2) is 11.5 Å². The molecule has 2 aliphatic heterocycles. The zero-order valence-corrected chi connectivity index (χ0v) is 12.2. The highest BCUT2D eigenvalue weighted by molar-refractivity contribution is 5.95. The molecular weight excluding hydrogens is 266 g/mol. The summed E-state index contributed by atoms with van der Waals surface area (Å²) in [6, 6.07) is 6.03. The molecule has 2 heterocycles. The van der Waals surface area contributed by atoms with Gasteiger partial charge in [-0.25, -0.2) is 0 Å². The molecule has 112 valence electrons. The average molecular weight is 287 g/mol. The summed E-state index contributed by atoms with van der Waals surface area (Å²) >= 11 is 0. The lowest BCUT2D eigenvalue weighted by molar-refractivity contribution is 0.0547. The second kappa shape index (κ2) is 5.24. The lowest BCUT2D eigenvalue weighted by atomic mass is 9.91. The Bertz CT molecular complexity index is 557. The molecule has 0 unspecified atom stereocenters. The number of piperidine rings is 1. The number of carbonyl (C=O) groups excluding carboxylic acids is 1. The van der Waals surface area contributed by atoms with E-state index in [0.717, 1.165) is 30.2 Å². The lowest BCUT2D eigenvalue weighted by Gasteiger charge is -2.38. The number of nitrogens with zero attached hydrogens (tertiary/aromatic N) is 1. The number of carbonyl (C=O) groups is 1. The number of benzene rings is 1. The van der Waals surface area contributed by atoms with Gasteiger partial charge in [-0.3, -0.25) is 4.79 Å². The van der Waals surface area contributed by atoms with Gasteiger partial charge in [0.1, 0.15) is 13.2 Å². The number of hydrogen-bond donors (Lipinski definition) is 0. The normalized spacial score (nSPS) is 27.3. The third kappa shape index (κ3) is 2.27. The summed E-state index contributed by atoms with van der Waals surface area (Å²) in [4.78, 5) is 15.0. The minimum absolute atomic E-state index is 0.156. The van der Waals surface area contributed by atoms with Crippen LogP contribution in [0.15, 0.2) is 18.2 Å². The first kappa shape index (κ1) is 13.0. The van der Waals surface area contributed by atoms with Crippen molar-refractivity contribution < 1.29 is 14.3 Å². The maximum atomic E-state index is 12.9. The van der Waals surface area contributed by atoms with Crippen molar-refractivity contribution in [2.75, 3.05) is 19.8 Å². The first-order valence-corrected chi connectivity index (χ1v) is 8.03. The molecule has 21 heavy (non-hydrogen) atoms. The van der Waals surface area contributed by atoms with Crippen molar-refractivity contribution in [3.63, 3.8) is 0 Å². The average Bonchev–Trinajstić information content (AvgIpc) is 3.02. The summed E-state index contributed by atoms with van der Waals surface area (Å²) in [5.74, 6) is 2.32. The fraction of sp³-hybridized carbons (Fsp3) is 0.588. The van der Waals surface area contributed by atoms with Gasteiger partial charge in [-0.15, -0.1) is 0 Å². The van der Waals surface area contributed by atoms with E-state index in [1.807, 2.05) is 18.2 Å². The SMILES string of the molecule is O=C(c1ccc2c(c1)OCCO2)N1CCC[C@H]2CCC[C@@H]21. The summed E-state index contributed by atoms with van der Waals surface area (Å²) in [6.07, 6.45) is 6.14. The predicted molar refractivity (Wildman–Crippen MR) is 78.8 cm³/mol. The monoisotopic (exact) mass is 287 g/mol. The molecule has 0 N–H and O–H groups in total. The molecule has 0 radical (unpaired) electrons. The molecule has 1 aromatic rings. The van der Waals surface area contributed by atoms with Gasteiger partial charge in [0.2, 0.25) is 0 Å². The van der Waals surface area contributed by atoms with Gasteiger partial charge in [0.05, 0.1) is 0 Å². The largest absolute Gasteiger partial charge is 0.486 e. The van der Waals surface area contributed by atoms with Crippen LogP contribution in [0.5, 0.6) is 11.5 Å². The molecular formula is C17H21NO3. The third-order valence-corrected chi connectivity index (χ3v) is 5.04. The van der Waals surface area contributed by atoms with Crippen LogP contribution < -0.4 is 9.47 Å². The van der Waals surface area contributed by atoms with Gasteiger partial charge in [0, 0.05) is 18.2 Å². The Morgan fingerprint density at radius 2 is 1.86 bits per heavy atom. The Hall–Kier alpha value is -1.71. The highest BCUT2D eigenvalue weighted by Crippen LogP contribution is 2.38. The van der Waals surface area contributed by atoms with Gasteiger partial charge in [0.25, 0.3) is 5.91 Å². The zero-order chi connectivity index (χ0) is 14.2. The van der Waals surface area contributed by atoms with Crippen LogP contribution in [0.2, 0.25) is 0 Å². The van der Waals surface area contributed by atoms with Gasteiger partial charge >= 0.3 is 0 Å². The smallest absolute Gasteiger partial charge is 0.254 e. The molecule has 2 fully saturated rings. The van der Waals surface area contributed by atoms with Crippen molar-refractivity contribution in [1.29, 1.82) is 0 Å². The standard InChI is InChI=1S/C17H21NO3/c19-17(18-8-2-4-12-3-1-5-14(12)18)13-6-7-15-16(11-13)21-10-9-20-15/h6-7,11-12,14H,1-5,8-10H2/t12-,14+/m1/s1. The van der Waals surface area contributed by atoms with E-state index >= 15 is 0 Å². The Morgan fingerprint density at radius 1 is 1.05 bits per heavy atom. The van der Waals surface area contributed by atoms with E-state index in [2.05, 4.69) is 4.90 Å². The highest BCUT2D eigenvalue weighted by atomic mass is 16.6. The first-order chi connectivity index (χ1) is 10.3. The molecule has 0 aromatic heterocycles. The zero-order valence-electron chi connectivity index (χ0n) is 12.2. The molecule has 1 amide bonds. The Kier molecular flexibility index (Phi) is 3.24. The van der Waals surface area contributed by atoms with Crippen molar-refractivity contribution in [1.82, 2.24) is 4.90 Å². The maximum Gasteiger partial charge on any atom is 0.254 e. The number of ether oxygens (including phenoxy) is 2. The van der Waals surface area contributed by atoms with Crippen LogP contribution in [-0.4, -0.2) is 36.6 Å². The van der Waals surface area contributed by atoms with E-state index in [9.17, 15) is 4.79 Å². The molecule has 1 aliphatic carbocycles. The Labute approximate surface area is 125 Å². The minimum Gasteiger partial charge on any atom is -0.486 e. The number of amides is 1. The van der Waals surface area contributed by atoms with Crippen LogP contribution in [0.3, 0.4) is 0 Å². The molecule has 4 rings (SSSR count).